The number of nitriles is 1. The molecule has 1 aliphatic heterocycles. The fraction of sp³-hybridized carbons (Fsp3) is 0.381. The summed E-state index contributed by atoms with van der Waals surface area (Å²) in [6.45, 7) is 3.16. The third-order valence-electron chi connectivity index (χ3n) is 4.56. The molecule has 1 fully saturated rings. The van der Waals surface area contributed by atoms with Crippen LogP contribution in [0.2, 0.25) is 0 Å². The van der Waals surface area contributed by atoms with E-state index in [1.54, 1.807) is 0 Å². The summed E-state index contributed by atoms with van der Waals surface area (Å²) in [4.78, 5) is 2.31. The fourth-order valence-corrected chi connectivity index (χ4v) is 3.17. The van der Waals surface area contributed by atoms with Gasteiger partial charge in [-0.1, -0.05) is 30.7 Å². The highest BCUT2D eigenvalue weighted by atomic mass is 16.5. The van der Waals surface area contributed by atoms with Gasteiger partial charge in [-0.25, -0.2) is 0 Å². The van der Waals surface area contributed by atoms with Gasteiger partial charge in [0.15, 0.2) is 0 Å². The van der Waals surface area contributed by atoms with Gasteiger partial charge in [-0.3, -0.25) is 0 Å². The fourth-order valence-electron chi connectivity index (χ4n) is 3.17. The van der Waals surface area contributed by atoms with Crippen molar-refractivity contribution in [3.63, 3.8) is 0 Å². The zero-order valence-electron chi connectivity index (χ0n) is 14.4. The van der Waals surface area contributed by atoms with E-state index in [0.717, 1.165) is 30.0 Å². The Labute approximate surface area is 149 Å². The Kier molecular flexibility index (Phi) is 6.05. The van der Waals surface area contributed by atoms with Crippen LogP contribution in [0.25, 0.3) is 11.1 Å². The number of benzene rings is 2. The lowest BCUT2D eigenvalue weighted by molar-refractivity contribution is 0.0617. The van der Waals surface area contributed by atoms with E-state index in [-0.39, 0.29) is 0 Å². The summed E-state index contributed by atoms with van der Waals surface area (Å²) < 4.78 is 5.72. The normalized spacial score (nSPS) is 16.2. The first kappa shape index (κ1) is 17.5. The molecular weight excluding hydrogens is 312 g/mol. The third-order valence-corrected chi connectivity index (χ3v) is 4.56. The van der Waals surface area contributed by atoms with E-state index >= 15 is 0 Å². The monoisotopic (exact) mass is 336 g/mol. The number of aliphatic hydroxyl groups is 1. The van der Waals surface area contributed by atoms with Crippen LogP contribution in [0.15, 0.2) is 48.5 Å². The number of piperidine rings is 1. The summed E-state index contributed by atoms with van der Waals surface area (Å²) >= 11 is 0. The van der Waals surface area contributed by atoms with Crippen LogP contribution in [-0.2, 0) is 0 Å². The Morgan fingerprint density at radius 2 is 1.56 bits per heavy atom. The van der Waals surface area contributed by atoms with Gasteiger partial charge in [0.2, 0.25) is 0 Å². The number of β-amino-alcohol motifs (C(OH)–C–C–N with tert-alkyl or cyclic N) is 1. The van der Waals surface area contributed by atoms with Crippen molar-refractivity contribution in [2.75, 3.05) is 26.2 Å². The van der Waals surface area contributed by atoms with Crippen LogP contribution in [-0.4, -0.2) is 42.4 Å². The van der Waals surface area contributed by atoms with Crippen molar-refractivity contribution < 1.29 is 9.84 Å². The second-order valence-electron chi connectivity index (χ2n) is 6.54. The number of hydrogen-bond donors (Lipinski definition) is 1. The molecule has 4 nitrogen and oxygen atoms in total. The smallest absolute Gasteiger partial charge is 0.119 e. The Bertz CT molecular complexity index is 698. The van der Waals surface area contributed by atoms with Crippen molar-refractivity contribution in [1.29, 1.82) is 5.26 Å². The maximum Gasteiger partial charge on any atom is 0.119 e. The number of ether oxygens (including phenoxy) is 1. The van der Waals surface area contributed by atoms with Gasteiger partial charge in [0.05, 0.1) is 11.6 Å². The SMILES string of the molecule is N#Cc1ccc(-c2ccc(OC[C@@H](O)CN3CCCCC3)cc2)cc1. The topological polar surface area (TPSA) is 56.5 Å². The van der Waals surface area contributed by atoms with Crippen molar-refractivity contribution in [3.05, 3.63) is 54.1 Å². The van der Waals surface area contributed by atoms with E-state index < -0.39 is 6.10 Å². The van der Waals surface area contributed by atoms with Crippen LogP contribution in [0.3, 0.4) is 0 Å². The molecule has 0 radical (unpaired) electrons. The van der Waals surface area contributed by atoms with Gasteiger partial charge in [0.1, 0.15) is 18.5 Å². The first-order valence-corrected chi connectivity index (χ1v) is 8.88. The lowest BCUT2D eigenvalue weighted by atomic mass is 10.0. The molecule has 0 aliphatic carbocycles. The number of rotatable bonds is 6. The highest BCUT2D eigenvalue weighted by Gasteiger charge is 2.15. The lowest BCUT2D eigenvalue weighted by Gasteiger charge is -2.28. The van der Waals surface area contributed by atoms with Gasteiger partial charge in [0, 0.05) is 6.54 Å². The van der Waals surface area contributed by atoms with E-state index in [1.165, 1.54) is 19.3 Å². The molecule has 0 saturated carbocycles. The zero-order chi connectivity index (χ0) is 17.5. The minimum Gasteiger partial charge on any atom is -0.491 e. The molecular formula is C21H24N2O2. The van der Waals surface area contributed by atoms with Crippen molar-refractivity contribution in [3.8, 4) is 22.9 Å². The molecule has 4 heteroatoms. The van der Waals surface area contributed by atoms with Crippen LogP contribution >= 0.6 is 0 Å². The Morgan fingerprint density at radius 3 is 2.16 bits per heavy atom. The van der Waals surface area contributed by atoms with Crippen LogP contribution in [0.1, 0.15) is 24.8 Å². The van der Waals surface area contributed by atoms with E-state index in [2.05, 4.69) is 11.0 Å². The largest absolute Gasteiger partial charge is 0.491 e. The van der Waals surface area contributed by atoms with Gasteiger partial charge in [-0.05, 0) is 61.3 Å². The number of hydrogen-bond acceptors (Lipinski definition) is 4. The van der Waals surface area contributed by atoms with Crippen molar-refractivity contribution >= 4 is 0 Å². The number of likely N-dealkylation sites (tertiary alicyclic amines) is 1. The molecule has 130 valence electrons. The minimum absolute atomic E-state index is 0.312. The molecule has 1 heterocycles. The van der Waals surface area contributed by atoms with E-state index in [1.807, 2.05) is 48.5 Å². The molecule has 25 heavy (non-hydrogen) atoms. The number of nitrogens with zero attached hydrogens (tertiary/aromatic N) is 2. The Hall–Kier alpha value is -2.35. The summed E-state index contributed by atoms with van der Waals surface area (Å²) in [6, 6.07) is 17.5. The van der Waals surface area contributed by atoms with Gasteiger partial charge < -0.3 is 14.7 Å². The van der Waals surface area contributed by atoms with E-state index in [4.69, 9.17) is 10.00 Å². The standard InChI is InChI=1S/C21H24N2O2/c22-14-17-4-6-18(7-5-17)19-8-10-21(11-9-19)25-16-20(24)15-23-12-2-1-3-13-23/h4-11,20,24H,1-3,12-13,15-16H2/t20-/m0/s1. The van der Waals surface area contributed by atoms with Crippen LogP contribution in [0, 0.1) is 11.3 Å². The molecule has 1 saturated heterocycles. The van der Waals surface area contributed by atoms with Crippen molar-refractivity contribution in [2.45, 2.75) is 25.4 Å². The molecule has 0 aromatic heterocycles. The molecule has 0 bridgehead atoms. The lowest BCUT2D eigenvalue weighted by Crippen LogP contribution is -2.38. The van der Waals surface area contributed by atoms with Gasteiger partial charge in [-0.2, -0.15) is 5.26 Å². The maximum atomic E-state index is 10.2. The molecule has 0 unspecified atom stereocenters. The minimum atomic E-state index is -0.462. The second kappa shape index (κ2) is 8.66. The average molecular weight is 336 g/mol. The third kappa shape index (κ3) is 5.06. The van der Waals surface area contributed by atoms with Crippen molar-refractivity contribution in [1.82, 2.24) is 4.90 Å². The molecule has 1 atom stereocenters. The summed E-state index contributed by atoms with van der Waals surface area (Å²) in [7, 11) is 0. The average Bonchev–Trinajstić information content (AvgIpc) is 2.68. The molecule has 2 aromatic rings. The zero-order valence-corrected chi connectivity index (χ0v) is 14.4. The maximum absolute atomic E-state index is 10.2. The van der Waals surface area contributed by atoms with Crippen molar-refractivity contribution in [2.24, 2.45) is 0 Å². The summed E-state index contributed by atoms with van der Waals surface area (Å²) in [6.07, 6.45) is 3.29. The second-order valence-corrected chi connectivity index (χ2v) is 6.54. The first-order valence-electron chi connectivity index (χ1n) is 8.88. The summed E-state index contributed by atoms with van der Waals surface area (Å²) in [5.74, 6) is 0.759. The van der Waals surface area contributed by atoms with Gasteiger partial charge in [-0.15, -0.1) is 0 Å². The molecule has 2 aromatic carbocycles. The molecule has 0 amide bonds. The Balaban J connectivity index is 1.50. The molecule has 3 rings (SSSR count). The highest BCUT2D eigenvalue weighted by molar-refractivity contribution is 5.64. The van der Waals surface area contributed by atoms with Crippen LogP contribution in [0.4, 0.5) is 0 Å². The van der Waals surface area contributed by atoms with E-state index in [0.29, 0.717) is 18.7 Å². The summed E-state index contributed by atoms with van der Waals surface area (Å²) in [5.41, 5.74) is 2.80. The molecule has 0 spiro atoms. The van der Waals surface area contributed by atoms with Gasteiger partial charge in [0.25, 0.3) is 0 Å². The van der Waals surface area contributed by atoms with E-state index in [9.17, 15) is 5.11 Å². The molecule has 1 N–H and O–H groups in total. The quantitative estimate of drug-likeness (QED) is 0.878. The van der Waals surface area contributed by atoms with Gasteiger partial charge >= 0.3 is 0 Å². The predicted octanol–water partition coefficient (Wildman–Crippen LogP) is 3.45. The first-order chi connectivity index (χ1) is 12.2. The van der Waals surface area contributed by atoms with Crippen LogP contribution in [0.5, 0.6) is 5.75 Å². The predicted molar refractivity (Wildman–Crippen MR) is 98.4 cm³/mol. The highest BCUT2D eigenvalue weighted by Crippen LogP contribution is 2.23. The summed E-state index contributed by atoms with van der Waals surface area (Å²) in [5, 5.41) is 19.0. The van der Waals surface area contributed by atoms with Crippen LogP contribution < -0.4 is 4.74 Å². The molecule has 1 aliphatic rings. The Morgan fingerprint density at radius 1 is 0.960 bits per heavy atom. The number of aliphatic hydroxyl groups excluding tert-OH is 1.